The lowest BCUT2D eigenvalue weighted by Crippen LogP contribution is -2.44. The number of carbonyl (C=O) groups is 4. The van der Waals surface area contributed by atoms with Gasteiger partial charge in [-0.15, -0.1) is 0 Å². The highest BCUT2D eigenvalue weighted by Crippen LogP contribution is 2.27. The summed E-state index contributed by atoms with van der Waals surface area (Å²) in [6, 6.07) is 11.4. The lowest BCUT2D eigenvalue weighted by Gasteiger charge is -2.24. The highest BCUT2D eigenvalue weighted by molar-refractivity contribution is 6.21. The Morgan fingerprint density at radius 1 is 1.00 bits per heavy atom. The number of rotatable bonds is 9. The van der Waals surface area contributed by atoms with E-state index in [0.29, 0.717) is 29.0 Å². The highest BCUT2D eigenvalue weighted by Gasteiger charge is 2.35. The van der Waals surface area contributed by atoms with Crippen molar-refractivity contribution < 1.29 is 28.7 Å². The molecule has 0 radical (unpaired) electrons. The quantitative estimate of drug-likeness (QED) is 0.463. The first-order chi connectivity index (χ1) is 15.7. The van der Waals surface area contributed by atoms with Crippen molar-refractivity contribution in [3.8, 4) is 5.75 Å². The number of hydrogen-bond acceptors (Lipinski definition) is 6. The molecule has 8 nitrogen and oxygen atoms in total. The molecular formula is C25H28N2O6. The minimum absolute atomic E-state index is 0.00972. The van der Waals surface area contributed by atoms with Crippen LogP contribution in [0.4, 0.5) is 0 Å². The maximum atomic E-state index is 12.7. The molecule has 3 rings (SSSR count). The second kappa shape index (κ2) is 9.85. The number of benzene rings is 2. The third-order valence-electron chi connectivity index (χ3n) is 5.48. The fourth-order valence-electron chi connectivity index (χ4n) is 3.39. The highest BCUT2D eigenvalue weighted by atomic mass is 16.5. The number of nitrogens with zero attached hydrogens (tertiary/aromatic N) is 1. The largest absolute Gasteiger partial charge is 0.493 e. The van der Waals surface area contributed by atoms with Gasteiger partial charge in [-0.05, 0) is 57.0 Å². The summed E-state index contributed by atoms with van der Waals surface area (Å²) < 4.78 is 10.7. The number of imide groups is 1. The van der Waals surface area contributed by atoms with Crippen molar-refractivity contribution in [3.63, 3.8) is 0 Å². The first-order valence-corrected chi connectivity index (χ1v) is 10.9. The average Bonchev–Trinajstić information content (AvgIpc) is 3.03. The molecule has 0 bridgehead atoms. The molecule has 0 fully saturated rings. The maximum absolute atomic E-state index is 12.7. The molecule has 0 saturated heterocycles. The van der Waals surface area contributed by atoms with Gasteiger partial charge in [-0.3, -0.25) is 19.3 Å². The zero-order valence-electron chi connectivity index (χ0n) is 19.3. The van der Waals surface area contributed by atoms with E-state index in [0.717, 1.165) is 11.3 Å². The zero-order chi connectivity index (χ0) is 24.2. The molecule has 0 unspecified atom stereocenters. The van der Waals surface area contributed by atoms with Gasteiger partial charge in [-0.25, -0.2) is 4.79 Å². The van der Waals surface area contributed by atoms with Gasteiger partial charge in [-0.1, -0.05) is 25.1 Å². The van der Waals surface area contributed by atoms with Crippen LogP contribution in [-0.2, 0) is 16.1 Å². The Kier molecular flexibility index (Phi) is 7.16. The molecule has 8 heteroatoms. The third kappa shape index (κ3) is 5.39. The molecule has 174 valence electrons. The van der Waals surface area contributed by atoms with Crippen molar-refractivity contribution in [3.05, 3.63) is 64.7 Å². The van der Waals surface area contributed by atoms with Gasteiger partial charge < -0.3 is 14.8 Å². The molecule has 2 aromatic carbocycles. The predicted octanol–water partition coefficient (Wildman–Crippen LogP) is 3.34. The fraction of sp³-hybridized carbons (Fsp3) is 0.360. The minimum Gasteiger partial charge on any atom is -0.493 e. The Balaban J connectivity index is 1.76. The summed E-state index contributed by atoms with van der Waals surface area (Å²) in [4.78, 5) is 51.3. The minimum atomic E-state index is -0.730. The standard InChI is InChI=1S/C25H28N2O6/c1-5-25(3,4)26-21(28)15-33-24(31)19-13-16(11-12-20(19)32-6-2)14-27-22(29)17-9-7-8-10-18(17)23(27)30/h7-13H,5-6,14-15H2,1-4H3,(H,26,28). The number of nitrogens with one attached hydrogen (secondary N) is 1. The molecule has 0 atom stereocenters. The smallest absolute Gasteiger partial charge is 0.342 e. The Hall–Kier alpha value is -3.68. The number of ether oxygens (including phenoxy) is 2. The van der Waals surface area contributed by atoms with Crippen LogP contribution in [0, 0.1) is 0 Å². The van der Waals surface area contributed by atoms with E-state index in [-0.39, 0.29) is 23.9 Å². The van der Waals surface area contributed by atoms with E-state index < -0.39 is 24.0 Å². The van der Waals surface area contributed by atoms with Gasteiger partial charge in [0.25, 0.3) is 17.7 Å². The molecule has 1 aliphatic rings. The van der Waals surface area contributed by atoms with Gasteiger partial charge in [0.15, 0.2) is 6.61 Å². The van der Waals surface area contributed by atoms with E-state index in [1.54, 1.807) is 43.3 Å². The monoisotopic (exact) mass is 452 g/mol. The lowest BCUT2D eigenvalue weighted by molar-refractivity contribution is -0.125. The van der Waals surface area contributed by atoms with E-state index in [1.807, 2.05) is 20.8 Å². The number of fused-ring (bicyclic) bond motifs is 1. The Labute approximate surface area is 192 Å². The van der Waals surface area contributed by atoms with Crippen molar-refractivity contribution >= 4 is 23.7 Å². The lowest BCUT2D eigenvalue weighted by atomic mass is 10.0. The molecule has 2 aromatic rings. The molecule has 0 aromatic heterocycles. The molecule has 1 N–H and O–H groups in total. The van der Waals surface area contributed by atoms with E-state index in [9.17, 15) is 19.2 Å². The van der Waals surface area contributed by atoms with Gasteiger partial charge in [0.2, 0.25) is 0 Å². The summed E-state index contributed by atoms with van der Waals surface area (Å²) in [7, 11) is 0. The third-order valence-corrected chi connectivity index (χ3v) is 5.48. The zero-order valence-corrected chi connectivity index (χ0v) is 19.3. The van der Waals surface area contributed by atoms with Gasteiger partial charge in [0.1, 0.15) is 11.3 Å². The fourth-order valence-corrected chi connectivity index (χ4v) is 3.39. The normalized spacial score (nSPS) is 13.0. The van der Waals surface area contributed by atoms with Crippen molar-refractivity contribution in [2.75, 3.05) is 13.2 Å². The molecule has 33 heavy (non-hydrogen) atoms. The molecule has 0 saturated carbocycles. The van der Waals surface area contributed by atoms with Crippen molar-refractivity contribution in [2.24, 2.45) is 0 Å². The maximum Gasteiger partial charge on any atom is 0.342 e. The van der Waals surface area contributed by atoms with Crippen molar-refractivity contribution in [1.29, 1.82) is 0 Å². The van der Waals surface area contributed by atoms with E-state index in [2.05, 4.69) is 5.32 Å². The van der Waals surface area contributed by atoms with Gasteiger partial charge >= 0.3 is 5.97 Å². The summed E-state index contributed by atoms with van der Waals surface area (Å²) in [5.74, 6) is -1.61. The van der Waals surface area contributed by atoms with Crippen LogP contribution in [0.25, 0.3) is 0 Å². The van der Waals surface area contributed by atoms with Crippen LogP contribution in [0.1, 0.15) is 70.8 Å². The van der Waals surface area contributed by atoms with Crippen LogP contribution in [0.5, 0.6) is 5.75 Å². The molecule has 0 aliphatic carbocycles. The van der Waals surface area contributed by atoms with Crippen LogP contribution in [0.2, 0.25) is 0 Å². The summed E-state index contributed by atoms with van der Waals surface area (Å²) in [5, 5.41) is 2.80. The average molecular weight is 453 g/mol. The topological polar surface area (TPSA) is 102 Å². The van der Waals surface area contributed by atoms with Crippen LogP contribution in [0.15, 0.2) is 42.5 Å². The Bertz CT molecular complexity index is 1060. The van der Waals surface area contributed by atoms with E-state index >= 15 is 0 Å². The van der Waals surface area contributed by atoms with E-state index in [4.69, 9.17) is 9.47 Å². The van der Waals surface area contributed by atoms with Crippen LogP contribution >= 0.6 is 0 Å². The Morgan fingerprint density at radius 2 is 1.64 bits per heavy atom. The summed E-state index contributed by atoms with van der Waals surface area (Å²) in [6.07, 6.45) is 0.723. The molecule has 0 spiro atoms. The number of carbonyl (C=O) groups excluding carboxylic acids is 4. The summed E-state index contributed by atoms with van der Waals surface area (Å²) in [6.45, 7) is 7.36. The second-order valence-corrected chi connectivity index (χ2v) is 8.37. The van der Waals surface area contributed by atoms with Gasteiger partial charge in [0.05, 0.1) is 24.3 Å². The number of amides is 3. The first kappa shape index (κ1) is 24.0. The van der Waals surface area contributed by atoms with Crippen LogP contribution in [0.3, 0.4) is 0 Å². The van der Waals surface area contributed by atoms with Crippen LogP contribution in [-0.4, -0.2) is 47.3 Å². The van der Waals surface area contributed by atoms with Crippen molar-refractivity contribution in [2.45, 2.75) is 46.2 Å². The molecule has 3 amide bonds. The molecular weight excluding hydrogens is 424 g/mol. The van der Waals surface area contributed by atoms with Gasteiger partial charge in [-0.2, -0.15) is 0 Å². The predicted molar refractivity (Wildman–Crippen MR) is 121 cm³/mol. The summed E-state index contributed by atoms with van der Waals surface area (Å²) in [5.41, 5.74) is 0.972. The Morgan fingerprint density at radius 3 is 2.21 bits per heavy atom. The second-order valence-electron chi connectivity index (χ2n) is 8.37. The summed E-state index contributed by atoms with van der Waals surface area (Å²) >= 11 is 0. The molecule has 1 aliphatic heterocycles. The molecule has 1 heterocycles. The van der Waals surface area contributed by atoms with Crippen molar-refractivity contribution in [1.82, 2.24) is 10.2 Å². The number of esters is 1. The van der Waals surface area contributed by atoms with E-state index in [1.165, 1.54) is 6.07 Å². The SMILES string of the molecule is CCOc1ccc(CN2C(=O)c3ccccc3C2=O)cc1C(=O)OCC(=O)NC(C)(C)CC. The number of hydrogen-bond donors (Lipinski definition) is 1. The first-order valence-electron chi connectivity index (χ1n) is 10.9. The van der Waals surface area contributed by atoms with Crippen LogP contribution < -0.4 is 10.1 Å². The van der Waals surface area contributed by atoms with Gasteiger partial charge in [0, 0.05) is 5.54 Å².